The summed E-state index contributed by atoms with van der Waals surface area (Å²) >= 11 is 0. The number of pyridine rings is 3. The summed E-state index contributed by atoms with van der Waals surface area (Å²) in [5, 5.41) is 3.42. The molecule has 0 fully saturated rings. The van der Waals surface area contributed by atoms with Crippen LogP contribution in [0.15, 0.2) is 85.1 Å². The van der Waals surface area contributed by atoms with Crippen LogP contribution in [0.2, 0.25) is 0 Å². The van der Waals surface area contributed by atoms with E-state index in [-0.39, 0.29) is 0 Å². The molecule has 26 heavy (non-hydrogen) atoms. The van der Waals surface area contributed by atoms with E-state index in [1.54, 1.807) is 0 Å². The van der Waals surface area contributed by atoms with E-state index >= 15 is 0 Å². The lowest BCUT2D eigenvalue weighted by Gasteiger charge is -2.21. The van der Waals surface area contributed by atoms with E-state index in [1.165, 1.54) is 0 Å². The zero-order valence-corrected chi connectivity index (χ0v) is 14.9. The molecular formula is C21H23N5. The smallest absolute Gasteiger partial charge is 0.0601 e. The molecule has 0 bridgehead atoms. The number of aromatic nitrogens is 3. The second-order valence-electron chi connectivity index (χ2n) is 6.03. The summed E-state index contributed by atoms with van der Waals surface area (Å²) in [5.74, 6) is 0. The molecule has 0 saturated carbocycles. The quantitative estimate of drug-likeness (QED) is 0.677. The maximum Gasteiger partial charge on any atom is 0.0601 e. The summed E-state index contributed by atoms with van der Waals surface area (Å²) < 4.78 is 0. The van der Waals surface area contributed by atoms with Gasteiger partial charge in [0.25, 0.3) is 0 Å². The van der Waals surface area contributed by atoms with Crippen molar-refractivity contribution in [1.29, 1.82) is 0 Å². The van der Waals surface area contributed by atoms with Crippen molar-refractivity contribution < 1.29 is 0 Å². The molecule has 0 radical (unpaired) electrons. The Morgan fingerprint density at radius 1 is 0.808 bits per heavy atom. The molecule has 0 atom stereocenters. The minimum Gasteiger partial charge on any atom is -0.382 e. The molecule has 0 amide bonds. The highest BCUT2D eigenvalue weighted by atomic mass is 15.1. The van der Waals surface area contributed by atoms with Crippen molar-refractivity contribution >= 4 is 0 Å². The minimum absolute atomic E-state index is 0.699. The Labute approximate surface area is 154 Å². The van der Waals surface area contributed by atoms with E-state index in [0.717, 1.165) is 35.9 Å². The standard InChI is InChI=1S/C21H23N5/c1-18(25-14-19-8-2-5-11-22-19)15-26(16-20-9-3-6-12-23-20)17-21-10-4-7-13-24-21/h2-13,15,25H,14,16-17H2,1H3/b18-15+. The Hall–Kier alpha value is -3.21. The van der Waals surface area contributed by atoms with Gasteiger partial charge in [0, 0.05) is 30.5 Å². The average molecular weight is 345 g/mol. The highest BCUT2D eigenvalue weighted by molar-refractivity contribution is 5.10. The molecule has 0 aromatic carbocycles. The Kier molecular flexibility index (Phi) is 6.31. The third-order valence-corrected chi connectivity index (χ3v) is 3.83. The van der Waals surface area contributed by atoms with E-state index in [9.17, 15) is 0 Å². The molecule has 0 unspecified atom stereocenters. The molecule has 0 spiro atoms. The molecular weight excluding hydrogens is 322 g/mol. The number of nitrogens with one attached hydrogen (secondary N) is 1. The van der Waals surface area contributed by atoms with Crippen LogP contribution in [-0.4, -0.2) is 19.9 Å². The third kappa shape index (κ3) is 5.70. The van der Waals surface area contributed by atoms with Crippen LogP contribution in [0, 0.1) is 0 Å². The maximum atomic E-state index is 4.44. The predicted molar refractivity (Wildman–Crippen MR) is 103 cm³/mol. The summed E-state index contributed by atoms with van der Waals surface area (Å²) in [5.41, 5.74) is 4.14. The Morgan fingerprint density at radius 3 is 1.77 bits per heavy atom. The van der Waals surface area contributed by atoms with Gasteiger partial charge in [0.1, 0.15) is 0 Å². The van der Waals surface area contributed by atoms with Crippen molar-refractivity contribution in [2.24, 2.45) is 0 Å². The SMILES string of the molecule is C/C(=C\N(Cc1ccccn1)Cc1ccccn1)NCc1ccccn1. The first-order valence-electron chi connectivity index (χ1n) is 8.65. The second-order valence-corrected chi connectivity index (χ2v) is 6.03. The number of nitrogens with zero attached hydrogens (tertiary/aromatic N) is 4. The van der Waals surface area contributed by atoms with Crippen LogP contribution in [-0.2, 0) is 19.6 Å². The molecule has 1 N–H and O–H groups in total. The zero-order chi connectivity index (χ0) is 18.0. The van der Waals surface area contributed by atoms with Crippen molar-refractivity contribution in [2.75, 3.05) is 0 Å². The lowest BCUT2D eigenvalue weighted by molar-refractivity contribution is 0.347. The van der Waals surface area contributed by atoms with E-state index in [4.69, 9.17) is 0 Å². The predicted octanol–water partition coefficient (Wildman–Crippen LogP) is 3.52. The van der Waals surface area contributed by atoms with Gasteiger partial charge in [-0.3, -0.25) is 15.0 Å². The fourth-order valence-corrected chi connectivity index (χ4v) is 2.60. The van der Waals surface area contributed by atoms with Gasteiger partial charge in [-0.05, 0) is 43.3 Å². The van der Waals surface area contributed by atoms with Crippen LogP contribution >= 0.6 is 0 Å². The monoisotopic (exact) mass is 345 g/mol. The van der Waals surface area contributed by atoms with Gasteiger partial charge in [-0.15, -0.1) is 0 Å². The number of rotatable bonds is 8. The van der Waals surface area contributed by atoms with Gasteiger partial charge in [0.15, 0.2) is 0 Å². The van der Waals surface area contributed by atoms with Gasteiger partial charge in [0.05, 0.1) is 36.7 Å². The largest absolute Gasteiger partial charge is 0.382 e. The first-order chi connectivity index (χ1) is 12.8. The topological polar surface area (TPSA) is 53.9 Å². The first-order valence-corrected chi connectivity index (χ1v) is 8.65. The molecule has 0 aliphatic rings. The minimum atomic E-state index is 0.699. The Bertz CT molecular complexity index is 762. The maximum absolute atomic E-state index is 4.44. The number of allylic oxidation sites excluding steroid dienone is 1. The van der Waals surface area contributed by atoms with Crippen molar-refractivity contribution in [1.82, 2.24) is 25.2 Å². The second kappa shape index (κ2) is 9.32. The van der Waals surface area contributed by atoms with E-state index in [2.05, 4.69) is 38.3 Å². The molecule has 3 heterocycles. The molecule has 5 nitrogen and oxygen atoms in total. The van der Waals surface area contributed by atoms with Gasteiger partial charge in [-0.25, -0.2) is 0 Å². The summed E-state index contributed by atoms with van der Waals surface area (Å²) in [6.45, 7) is 4.21. The first kappa shape index (κ1) is 17.6. The van der Waals surface area contributed by atoms with Crippen LogP contribution in [0.4, 0.5) is 0 Å². The third-order valence-electron chi connectivity index (χ3n) is 3.83. The fraction of sp³-hybridized carbons (Fsp3) is 0.190. The van der Waals surface area contributed by atoms with Gasteiger partial charge < -0.3 is 10.2 Å². The highest BCUT2D eigenvalue weighted by Crippen LogP contribution is 2.09. The van der Waals surface area contributed by atoms with Crippen LogP contribution < -0.4 is 5.32 Å². The van der Waals surface area contributed by atoms with Crippen molar-refractivity contribution in [2.45, 2.75) is 26.6 Å². The van der Waals surface area contributed by atoms with Gasteiger partial charge in [-0.1, -0.05) is 18.2 Å². The lowest BCUT2D eigenvalue weighted by Crippen LogP contribution is -2.21. The lowest BCUT2D eigenvalue weighted by atomic mass is 10.3. The van der Waals surface area contributed by atoms with Gasteiger partial charge in [-0.2, -0.15) is 0 Å². The van der Waals surface area contributed by atoms with Crippen molar-refractivity contribution in [3.05, 3.63) is 102 Å². The summed E-state index contributed by atoms with van der Waals surface area (Å²) in [6.07, 6.45) is 7.57. The van der Waals surface area contributed by atoms with Gasteiger partial charge in [0.2, 0.25) is 0 Å². The zero-order valence-electron chi connectivity index (χ0n) is 14.9. The summed E-state index contributed by atoms with van der Waals surface area (Å²) in [6, 6.07) is 17.9. The van der Waals surface area contributed by atoms with Crippen LogP contribution in [0.5, 0.6) is 0 Å². The Morgan fingerprint density at radius 2 is 1.31 bits per heavy atom. The molecule has 0 aliphatic heterocycles. The van der Waals surface area contributed by atoms with E-state index in [1.807, 2.05) is 73.2 Å². The molecule has 0 aliphatic carbocycles. The van der Waals surface area contributed by atoms with Gasteiger partial charge >= 0.3 is 0 Å². The normalized spacial score (nSPS) is 11.2. The summed E-state index contributed by atoms with van der Waals surface area (Å²) in [4.78, 5) is 15.4. The van der Waals surface area contributed by atoms with Crippen LogP contribution in [0.3, 0.4) is 0 Å². The molecule has 3 aromatic heterocycles. The van der Waals surface area contributed by atoms with E-state index in [0.29, 0.717) is 6.54 Å². The molecule has 5 heteroatoms. The van der Waals surface area contributed by atoms with Crippen LogP contribution in [0.1, 0.15) is 24.0 Å². The summed E-state index contributed by atoms with van der Waals surface area (Å²) in [7, 11) is 0. The number of hydrogen-bond donors (Lipinski definition) is 1. The number of hydrogen-bond acceptors (Lipinski definition) is 5. The Balaban J connectivity index is 1.69. The molecule has 3 aromatic rings. The van der Waals surface area contributed by atoms with E-state index < -0.39 is 0 Å². The fourth-order valence-electron chi connectivity index (χ4n) is 2.60. The highest BCUT2D eigenvalue weighted by Gasteiger charge is 2.06. The van der Waals surface area contributed by atoms with Crippen LogP contribution in [0.25, 0.3) is 0 Å². The van der Waals surface area contributed by atoms with Crippen molar-refractivity contribution in [3.63, 3.8) is 0 Å². The molecule has 132 valence electrons. The molecule has 0 saturated heterocycles. The molecule has 3 rings (SSSR count). The average Bonchev–Trinajstić information content (AvgIpc) is 2.69. The van der Waals surface area contributed by atoms with Crippen molar-refractivity contribution in [3.8, 4) is 0 Å².